The molecule has 0 saturated carbocycles. The fourth-order valence-electron chi connectivity index (χ4n) is 2.09. The van der Waals surface area contributed by atoms with Crippen LogP contribution in [-0.2, 0) is 0 Å². The number of nitrogen functional groups attached to an aromatic ring is 1. The minimum Gasteiger partial charge on any atom is -0.486 e. The Hall–Kier alpha value is -2.50. The lowest BCUT2D eigenvalue weighted by molar-refractivity contribution is 0.172. The van der Waals surface area contributed by atoms with Gasteiger partial charge in [-0.2, -0.15) is 0 Å². The van der Waals surface area contributed by atoms with E-state index in [1.54, 1.807) is 0 Å². The van der Waals surface area contributed by atoms with Gasteiger partial charge in [0, 0.05) is 11.5 Å². The van der Waals surface area contributed by atoms with Crippen molar-refractivity contribution in [3.8, 4) is 11.5 Å². The Bertz CT molecular complexity index is 766. The molecule has 0 aliphatic carbocycles. The van der Waals surface area contributed by atoms with Gasteiger partial charge in [-0.1, -0.05) is 5.16 Å². The molecule has 1 aliphatic rings. The molecule has 6 nitrogen and oxygen atoms in total. The number of hydrogen-bond acceptors (Lipinski definition) is 6. The lowest BCUT2D eigenvalue weighted by atomic mass is 10.1. The summed E-state index contributed by atoms with van der Waals surface area (Å²) in [6.45, 7) is 1.11. The number of ether oxygens (including phenoxy) is 2. The maximum Gasteiger partial charge on any atom is 0.260 e. The van der Waals surface area contributed by atoms with Crippen LogP contribution in [0.3, 0.4) is 0 Å². The lowest BCUT2D eigenvalue weighted by Gasteiger charge is -2.18. The summed E-state index contributed by atoms with van der Waals surface area (Å²) in [6, 6.07) is 5.62. The highest BCUT2D eigenvalue weighted by molar-refractivity contribution is 5.96. The first-order valence-corrected chi connectivity index (χ1v) is 5.56. The van der Waals surface area contributed by atoms with E-state index in [0.717, 1.165) is 16.7 Å². The quantitative estimate of drug-likeness (QED) is 0.647. The van der Waals surface area contributed by atoms with Crippen molar-refractivity contribution in [2.24, 2.45) is 0 Å². The van der Waals surface area contributed by atoms with Crippen molar-refractivity contribution >= 4 is 27.8 Å². The van der Waals surface area contributed by atoms with Crippen molar-refractivity contribution in [2.45, 2.75) is 0 Å². The topological polar surface area (TPSA) is 83.4 Å². The number of fused-ring (bicyclic) bond motifs is 3. The van der Waals surface area contributed by atoms with Crippen LogP contribution in [0, 0.1) is 0 Å². The normalized spacial score (nSPS) is 14.2. The number of anilines is 1. The summed E-state index contributed by atoms with van der Waals surface area (Å²) in [6.07, 6.45) is 0. The Kier molecular flexibility index (Phi) is 1.72. The zero-order valence-electron chi connectivity index (χ0n) is 9.34. The number of rotatable bonds is 0. The van der Waals surface area contributed by atoms with Crippen LogP contribution in [-0.4, -0.2) is 23.4 Å². The van der Waals surface area contributed by atoms with Crippen LogP contribution >= 0.6 is 0 Å². The van der Waals surface area contributed by atoms with Crippen LogP contribution < -0.4 is 15.2 Å². The van der Waals surface area contributed by atoms with Crippen LogP contribution in [0.1, 0.15) is 0 Å². The van der Waals surface area contributed by atoms with E-state index in [4.69, 9.17) is 19.7 Å². The number of nitrogens with two attached hydrogens (primary N) is 1. The monoisotopic (exact) mass is 243 g/mol. The van der Waals surface area contributed by atoms with Gasteiger partial charge < -0.3 is 19.7 Å². The summed E-state index contributed by atoms with van der Waals surface area (Å²) < 4.78 is 16.1. The van der Waals surface area contributed by atoms with Gasteiger partial charge in [-0.3, -0.25) is 0 Å². The van der Waals surface area contributed by atoms with E-state index in [9.17, 15) is 0 Å². The molecule has 1 aliphatic heterocycles. The highest BCUT2D eigenvalue weighted by atomic mass is 16.6. The first-order chi connectivity index (χ1) is 8.81. The molecule has 3 heterocycles. The summed E-state index contributed by atoms with van der Waals surface area (Å²) in [5.74, 6) is 1.77. The second-order valence-electron chi connectivity index (χ2n) is 4.10. The Morgan fingerprint density at radius 2 is 1.83 bits per heavy atom. The second kappa shape index (κ2) is 3.25. The molecule has 4 rings (SSSR count). The molecular formula is C12H9N3O3. The molecule has 90 valence electrons. The van der Waals surface area contributed by atoms with Crippen LogP contribution in [0.25, 0.3) is 22.0 Å². The average Bonchev–Trinajstić information content (AvgIpc) is 2.75. The zero-order chi connectivity index (χ0) is 12.1. The van der Waals surface area contributed by atoms with Gasteiger partial charge in [-0.05, 0) is 12.1 Å². The molecule has 2 aromatic heterocycles. The van der Waals surface area contributed by atoms with Crippen LogP contribution in [0.5, 0.6) is 11.5 Å². The predicted molar refractivity (Wildman–Crippen MR) is 64.7 cm³/mol. The van der Waals surface area contributed by atoms with Crippen LogP contribution in [0.15, 0.2) is 22.7 Å². The van der Waals surface area contributed by atoms with Crippen LogP contribution in [0.4, 0.5) is 5.82 Å². The molecule has 0 saturated heterocycles. The third kappa shape index (κ3) is 1.22. The SMILES string of the molecule is Nc1noc2nc3cc4c(cc3cc12)OCCO4. The van der Waals surface area contributed by atoms with E-state index in [1.807, 2.05) is 18.2 Å². The van der Waals surface area contributed by atoms with E-state index < -0.39 is 0 Å². The molecule has 2 N–H and O–H groups in total. The highest BCUT2D eigenvalue weighted by Crippen LogP contribution is 2.35. The van der Waals surface area contributed by atoms with Gasteiger partial charge in [0.2, 0.25) is 0 Å². The largest absolute Gasteiger partial charge is 0.486 e. The lowest BCUT2D eigenvalue weighted by Crippen LogP contribution is -2.15. The Balaban J connectivity index is 2.06. The van der Waals surface area contributed by atoms with Crippen molar-refractivity contribution in [2.75, 3.05) is 18.9 Å². The fraction of sp³-hybridized carbons (Fsp3) is 0.167. The molecule has 0 radical (unpaired) electrons. The number of pyridine rings is 1. The molecule has 0 spiro atoms. The van der Waals surface area contributed by atoms with Gasteiger partial charge in [-0.15, -0.1) is 0 Å². The van der Waals surface area contributed by atoms with E-state index in [2.05, 4.69) is 10.1 Å². The predicted octanol–water partition coefficient (Wildman–Crippen LogP) is 1.73. The van der Waals surface area contributed by atoms with Crippen molar-refractivity contribution in [3.05, 3.63) is 18.2 Å². The fourth-order valence-corrected chi connectivity index (χ4v) is 2.09. The van der Waals surface area contributed by atoms with Crippen molar-refractivity contribution in [1.29, 1.82) is 0 Å². The average molecular weight is 243 g/mol. The highest BCUT2D eigenvalue weighted by Gasteiger charge is 2.15. The summed E-state index contributed by atoms with van der Waals surface area (Å²) in [7, 11) is 0. The molecule has 0 bridgehead atoms. The van der Waals surface area contributed by atoms with Gasteiger partial charge >= 0.3 is 0 Å². The molecule has 0 amide bonds. The summed E-state index contributed by atoms with van der Waals surface area (Å²) in [5, 5.41) is 5.32. The Labute approximate surface area is 101 Å². The minimum absolute atomic E-state index is 0.342. The van der Waals surface area contributed by atoms with Gasteiger partial charge in [0.15, 0.2) is 17.3 Å². The van der Waals surface area contributed by atoms with Gasteiger partial charge in [0.25, 0.3) is 5.71 Å². The number of nitrogens with zero attached hydrogens (tertiary/aromatic N) is 2. The second-order valence-corrected chi connectivity index (χ2v) is 4.10. The van der Waals surface area contributed by atoms with Crippen LogP contribution in [0.2, 0.25) is 0 Å². The maximum atomic E-state index is 5.70. The van der Waals surface area contributed by atoms with Crippen molar-refractivity contribution in [3.63, 3.8) is 0 Å². The van der Waals surface area contributed by atoms with Gasteiger partial charge in [0.05, 0.1) is 10.9 Å². The first kappa shape index (κ1) is 9.52. The van der Waals surface area contributed by atoms with Crippen molar-refractivity contribution in [1.82, 2.24) is 10.1 Å². The number of aromatic nitrogens is 2. The molecule has 1 aromatic carbocycles. The Morgan fingerprint density at radius 1 is 1.06 bits per heavy atom. The summed E-state index contributed by atoms with van der Waals surface area (Å²) in [4.78, 5) is 4.36. The van der Waals surface area contributed by atoms with Gasteiger partial charge in [0.1, 0.15) is 13.2 Å². The molecule has 6 heteroatoms. The third-order valence-corrected chi connectivity index (χ3v) is 2.95. The minimum atomic E-state index is 0.342. The molecule has 0 atom stereocenters. The number of benzene rings is 1. The third-order valence-electron chi connectivity index (χ3n) is 2.95. The summed E-state index contributed by atoms with van der Waals surface area (Å²) >= 11 is 0. The van der Waals surface area contributed by atoms with E-state index in [-0.39, 0.29) is 0 Å². The smallest absolute Gasteiger partial charge is 0.260 e. The van der Waals surface area contributed by atoms with Gasteiger partial charge in [-0.25, -0.2) is 4.98 Å². The van der Waals surface area contributed by atoms with E-state index in [0.29, 0.717) is 35.9 Å². The molecule has 18 heavy (non-hydrogen) atoms. The van der Waals surface area contributed by atoms with E-state index in [1.165, 1.54) is 0 Å². The van der Waals surface area contributed by atoms with E-state index >= 15 is 0 Å². The molecule has 0 unspecified atom stereocenters. The molecule has 3 aromatic rings. The Morgan fingerprint density at radius 3 is 2.67 bits per heavy atom. The molecule has 0 fully saturated rings. The maximum absolute atomic E-state index is 5.70. The zero-order valence-corrected chi connectivity index (χ0v) is 9.34. The standard InChI is InChI=1S/C12H9N3O3/c13-11-7-3-6-4-9-10(17-2-1-16-9)5-8(6)14-12(7)18-15-11/h3-5H,1-2H2,(H2,13,15). The number of hydrogen-bond donors (Lipinski definition) is 1. The van der Waals surface area contributed by atoms with Crippen molar-refractivity contribution < 1.29 is 14.0 Å². The first-order valence-electron chi connectivity index (χ1n) is 5.56. The molecular weight excluding hydrogens is 234 g/mol. The summed E-state index contributed by atoms with van der Waals surface area (Å²) in [5.41, 5.74) is 6.90.